The molecule has 1 N–H and O–H groups in total. The molecule has 1 heterocycles. The van der Waals surface area contributed by atoms with E-state index >= 15 is 0 Å². The summed E-state index contributed by atoms with van der Waals surface area (Å²) in [7, 11) is 0. The maximum atomic E-state index is 9.97. The Morgan fingerprint density at radius 3 is 2.11 bits per heavy atom. The highest BCUT2D eigenvalue weighted by Crippen LogP contribution is 2.29. The third-order valence-corrected chi connectivity index (χ3v) is 5.35. The summed E-state index contributed by atoms with van der Waals surface area (Å²) in [6, 6.07) is 31.8. The van der Waals surface area contributed by atoms with Crippen LogP contribution in [0.3, 0.4) is 0 Å². The number of benzene rings is 3. The van der Waals surface area contributed by atoms with Gasteiger partial charge in [-0.2, -0.15) is 10.4 Å². The third-order valence-electron chi connectivity index (χ3n) is 4.45. The number of nitriles is 1. The van der Waals surface area contributed by atoms with Crippen molar-refractivity contribution in [2.75, 3.05) is 0 Å². The molecule has 0 spiro atoms. The van der Waals surface area contributed by atoms with Crippen LogP contribution < -0.4 is 5.43 Å². The summed E-state index contributed by atoms with van der Waals surface area (Å²) in [6.45, 7) is 0. The first kappa shape index (κ1) is 18.0. The van der Waals surface area contributed by atoms with Crippen molar-refractivity contribution >= 4 is 22.6 Å². The molecular weight excluding hydrogens is 364 g/mol. The summed E-state index contributed by atoms with van der Waals surface area (Å²) in [6.07, 6.45) is 0. The van der Waals surface area contributed by atoms with Gasteiger partial charge < -0.3 is 0 Å². The van der Waals surface area contributed by atoms with Crippen LogP contribution in [0.25, 0.3) is 0 Å². The number of hydrogen-bond donors (Lipinski definition) is 1. The molecule has 2 unspecified atom stereocenters. The van der Waals surface area contributed by atoms with Crippen LogP contribution in [-0.4, -0.2) is 16.9 Å². The second kappa shape index (κ2) is 8.55. The van der Waals surface area contributed by atoms with Gasteiger partial charge in [-0.05, 0) is 17.7 Å². The van der Waals surface area contributed by atoms with E-state index in [0.717, 1.165) is 21.7 Å². The summed E-state index contributed by atoms with van der Waals surface area (Å²) in [5.74, 6) is -0.423. The van der Waals surface area contributed by atoms with Gasteiger partial charge in [0, 0.05) is 10.5 Å². The number of amidine groups is 1. The van der Waals surface area contributed by atoms with Gasteiger partial charge in [-0.1, -0.05) is 90.6 Å². The van der Waals surface area contributed by atoms with Crippen molar-refractivity contribution in [2.45, 2.75) is 16.9 Å². The summed E-state index contributed by atoms with van der Waals surface area (Å²) >= 11 is 1.51. The van der Waals surface area contributed by atoms with Crippen LogP contribution in [0.2, 0.25) is 0 Å². The third kappa shape index (κ3) is 3.98. The smallest absolute Gasteiger partial charge is 0.182 e. The molecule has 1 aliphatic rings. The molecule has 3 aromatic carbocycles. The van der Waals surface area contributed by atoms with Gasteiger partial charge in [0.1, 0.15) is 6.04 Å². The molecule has 0 aliphatic carbocycles. The van der Waals surface area contributed by atoms with Gasteiger partial charge in [0.05, 0.1) is 17.7 Å². The monoisotopic (exact) mass is 382 g/mol. The van der Waals surface area contributed by atoms with Crippen molar-refractivity contribution < 1.29 is 0 Å². The predicted molar refractivity (Wildman–Crippen MR) is 114 cm³/mol. The Balaban J connectivity index is 1.72. The molecule has 0 fully saturated rings. The molecule has 3 aromatic rings. The molecule has 136 valence electrons. The molecule has 2 atom stereocenters. The molecule has 28 heavy (non-hydrogen) atoms. The minimum atomic E-state index is -0.423. The lowest BCUT2D eigenvalue weighted by Gasteiger charge is -2.25. The average Bonchev–Trinajstić information content (AvgIpc) is 2.77. The topological polar surface area (TPSA) is 60.5 Å². The minimum Gasteiger partial charge on any atom is -0.255 e. The quantitative estimate of drug-likeness (QED) is 0.704. The molecule has 0 saturated carbocycles. The zero-order valence-electron chi connectivity index (χ0n) is 15.1. The van der Waals surface area contributed by atoms with Gasteiger partial charge in [-0.15, -0.1) is 0 Å². The number of thioether (sulfide) groups is 1. The number of rotatable bonds is 4. The van der Waals surface area contributed by atoms with Gasteiger partial charge in [0.2, 0.25) is 0 Å². The zero-order valence-corrected chi connectivity index (χ0v) is 15.9. The second-order valence-electron chi connectivity index (χ2n) is 6.29. The zero-order chi connectivity index (χ0) is 19.2. The number of nitrogens with one attached hydrogen (secondary N) is 1. The van der Waals surface area contributed by atoms with Crippen LogP contribution in [0, 0.1) is 11.3 Å². The first-order valence-electron chi connectivity index (χ1n) is 8.99. The fraction of sp³-hybridized carbons (Fsp3) is 0.0870. The van der Waals surface area contributed by atoms with Crippen molar-refractivity contribution in [3.63, 3.8) is 0 Å². The fourth-order valence-electron chi connectivity index (χ4n) is 3.10. The molecule has 0 bridgehead atoms. The molecule has 0 aromatic heterocycles. The molecule has 0 radical (unpaired) electrons. The first-order valence-corrected chi connectivity index (χ1v) is 9.81. The van der Waals surface area contributed by atoms with Crippen LogP contribution in [0.4, 0.5) is 0 Å². The van der Waals surface area contributed by atoms with Gasteiger partial charge >= 0.3 is 0 Å². The minimum absolute atomic E-state index is 0.387. The van der Waals surface area contributed by atoms with E-state index < -0.39 is 5.92 Å². The summed E-state index contributed by atoms with van der Waals surface area (Å²) in [5.41, 5.74) is 5.74. The van der Waals surface area contributed by atoms with E-state index in [9.17, 15) is 5.26 Å². The van der Waals surface area contributed by atoms with Gasteiger partial charge in [-0.3, -0.25) is 5.43 Å². The van der Waals surface area contributed by atoms with Crippen LogP contribution >= 0.6 is 11.8 Å². The molecule has 1 aliphatic heterocycles. The maximum Gasteiger partial charge on any atom is 0.182 e. The molecule has 0 saturated heterocycles. The van der Waals surface area contributed by atoms with E-state index in [0.29, 0.717) is 5.17 Å². The van der Waals surface area contributed by atoms with Crippen molar-refractivity contribution in [1.82, 2.24) is 5.43 Å². The van der Waals surface area contributed by atoms with Crippen LogP contribution in [0.15, 0.2) is 106 Å². The standard InChI is InChI=1S/C23H18N4S/c24-16-20(17-10-4-1-5-11-17)22-21(18-12-6-2-7-13-18)26-27-23(25-22)28-19-14-8-3-9-15-19/h1-15,20,22H,(H,25,27). The Morgan fingerprint density at radius 1 is 0.857 bits per heavy atom. The van der Waals surface area contributed by atoms with E-state index in [1.807, 2.05) is 91.0 Å². The van der Waals surface area contributed by atoms with Crippen molar-refractivity contribution in [2.24, 2.45) is 10.1 Å². The lowest BCUT2D eigenvalue weighted by Crippen LogP contribution is -2.36. The molecule has 4 rings (SSSR count). The largest absolute Gasteiger partial charge is 0.255 e. The second-order valence-corrected chi connectivity index (χ2v) is 7.35. The lowest BCUT2D eigenvalue weighted by molar-refractivity contribution is 0.740. The Kier molecular flexibility index (Phi) is 5.51. The Bertz CT molecular complexity index is 1020. The number of hydrazone groups is 1. The van der Waals surface area contributed by atoms with Crippen molar-refractivity contribution in [3.8, 4) is 6.07 Å². The van der Waals surface area contributed by atoms with E-state index in [-0.39, 0.29) is 6.04 Å². The Labute approximate surface area is 168 Å². The highest BCUT2D eigenvalue weighted by molar-refractivity contribution is 8.13. The summed E-state index contributed by atoms with van der Waals surface area (Å²) in [5, 5.41) is 15.3. The normalized spacial score (nSPS) is 16.9. The predicted octanol–water partition coefficient (Wildman–Crippen LogP) is 4.82. The first-order chi connectivity index (χ1) is 13.8. The SMILES string of the molecule is N#CC(c1ccccc1)C1N=C(Sc2ccccc2)NN=C1c1ccccc1. The molecule has 4 nitrogen and oxygen atoms in total. The molecule has 0 amide bonds. The fourth-order valence-corrected chi connectivity index (χ4v) is 3.88. The van der Waals surface area contributed by atoms with E-state index in [2.05, 4.69) is 16.6 Å². The van der Waals surface area contributed by atoms with Gasteiger partial charge in [-0.25, -0.2) is 4.99 Å². The van der Waals surface area contributed by atoms with Crippen molar-refractivity contribution in [3.05, 3.63) is 102 Å². The highest BCUT2D eigenvalue weighted by Gasteiger charge is 2.31. The van der Waals surface area contributed by atoms with E-state index in [4.69, 9.17) is 4.99 Å². The Morgan fingerprint density at radius 2 is 1.46 bits per heavy atom. The Hall–Kier alpha value is -3.36. The maximum absolute atomic E-state index is 9.97. The molecular formula is C23H18N4S. The number of nitrogens with zero attached hydrogens (tertiary/aromatic N) is 3. The van der Waals surface area contributed by atoms with Gasteiger partial charge in [0.25, 0.3) is 0 Å². The number of aliphatic imine (C=N–C) groups is 1. The summed E-state index contributed by atoms with van der Waals surface area (Å²) in [4.78, 5) is 5.97. The highest BCUT2D eigenvalue weighted by atomic mass is 32.2. The summed E-state index contributed by atoms with van der Waals surface area (Å²) < 4.78 is 0. The van der Waals surface area contributed by atoms with E-state index in [1.54, 1.807) is 0 Å². The molecule has 5 heteroatoms. The van der Waals surface area contributed by atoms with Crippen LogP contribution in [0.1, 0.15) is 17.0 Å². The van der Waals surface area contributed by atoms with Crippen molar-refractivity contribution in [1.29, 1.82) is 5.26 Å². The number of hydrogen-bond acceptors (Lipinski definition) is 5. The van der Waals surface area contributed by atoms with Crippen LogP contribution in [0.5, 0.6) is 0 Å². The average molecular weight is 382 g/mol. The van der Waals surface area contributed by atoms with Crippen LogP contribution in [-0.2, 0) is 0 Å². The van der Waals surface area contributed by atoms with Gasteiger partial charge in [0.15, 0.2) is 5.17 Å². The lowest BCUT2D eigenvalue weighted by atomic mass is 9.87. The van der Waals surface area contributed by atoms with E-state index in [1.165, 1.54) is 11.8 Å².